The van der Waals surface area contributed by atoms with Crippen molar-refractivity contribution in [2.24, 2.45) is 5.73 Å². The predicted molar refractivity (Wildman–Crippen MR) is 97.7 cm³/mol. The van der Waals surface area contributed by atoms with Gasteiger partial charge in [-0.1, -0.05) is 36.4 Å². The molecule has 0 aromatic heterocycles. The maximum Gasteiger partial charge on any atom is 0.128 e. The van der Waals surface area contributed by atoms with Crippen LogP contribution in [0.15, 0.2) is 48.5 Å². The van der Waals surface area contributed by atoms with Gasteiger partial charge < -0.3 is 10.6 Å². The van der Waals surface area contributed by atoms with Crippen molar-refractivity contribution in [2.45, 2.75) is 25.9 Å². The summed E-state index contributed by atoms with van der Waals surface area (Å²) >= 11 is 0. The van der Waals surface area contributed by atoms with Crippen molar-refractivity contribution in [3.8, 4) is 0 Å². The van der Waals surface area contributed by atoms with E-state index in [2.05, 4.69) is 34.1 Å². The Morgan fingerprint density at radius 3 is 2.38 bits per heavy atom. The Hall–Kier alpha value is -1.91. The molecule has 3 nitrogen and oxygen atoms in total. The molecule has 2 aromatic rings. The molecule has 1 unspecified atom stereocenters. The third-order valence-corrected chi connectivity index (χ3v) is 4.56. The molecular formula is C20H26FN3. The monoisotopic (exact) mass is 327 g/mol. The number of rotatable bonds is 5. The number of nitrogens with two attached hydrogens (primary N) is 1. The lowest BCUT2D eigenvalue weighted by Crippen LogP contribution is -2.46. The Bertz CT molecular complexity index is 649. The van der Waals surface area contributed by atoms with E-state index in [0.717, 1.165) is 38.4 Å². The van der Waals surface area contributed by atoms with Crippen molar-refractivity contribution in [3.63, 3.8) is 0 Å². The zero-order valence-electron chi connectivity index (χ0n) is 14.3. The molecule has 4 heteroatoms. The molecule has 1 atom stereocenters. The van der Waals surface area contributed by atoms with E-state index in [0.29, 0.717) is 12.0 Å². The van der Waals surface area contributed by atoms with Gasteiger partial charge in [0.05, 0.1) is 0 Å². The molecule has 2 aromatic carbocycles. The van der Waals surface area contributed by atoms with E-state index in [-0.39, 0.29) is 11.9 Å². The molecule has 128 valence electrons. The molecule has 1 aliphatic heterocycles. The highest BCUT2D eigenvalue weighted by molar-refractivity contribution is 5.49. The topological polar surface area (TPSA) is 32.5 Å². The first-order chi connectivity index (χ1) is 11.6. The Morgan fingerprint density at radius 2 is 1.75 bits per heavy atom. The SMILES string of the molecule is CC(N)Cc1ccc(N2CCN(Cc3ccccc3)CC2)cc1F. The fourth-order valence-corrected chi connectivity index (χ4v) is 3.25. The first-order valence-electron chi connectivity index (χ1n) is 8.67. The Kier molecular flexibility index (Phi) is 5.48. The van der Waals surface area contributed by atoms with Gasteiger partial charge in [-0.05, 0) is 36.6 Å². The van der Waals surface area contributed by atoms with Crippen molar-refractivity contribution < 1.29 is 4.39 Å². The molecule has 0 spiro atoms. The van der Waals surface area contributed by atoms with Crippen LogP contribution in [-0.2, 0) is 13.0 Å². The van der Waals surface area contributed by atoms with E-state index in [1.807, 2.05) is 25.1 Å². The fourth-order valence-electron chi connectivity index (χ4n) is 3.25. The Labute approximate surface area is 143 Å². The molecule has 0 amide bonds. The lowest BCUT2D eigenvalue weighted by molar-refractivity contribution is 0.250. The fraction of sp³-hybridized carbons (Fsp3) is 0.400. The molecule has 2 N–H and O–H groups in total. The van der Waals surface area contributed by atoms with E-state index in [4.69, 9.17) is 5.73 Å². The number of hydrogen-bond donors (Lipinski definition) is 1. The average molecular weight is 327 g/mol. The molecule has 0 aliphatic carbocycles. The smallest absolute Gasteiger partial charge is 0.128 e. The minimum atomic E-state index is -0.142. The molecule has 0 bridgehead atoms. The predicted octanol–water partition coefficient (Wildman–Crippen LogP) is 3.04. The highest BCUT2D eigenvalue weighted by Crippen LogP contribution is 2.21. The number of anilines is 1. The summed E-state index contributed by atoms with van der Waals surface area (Å²) in [4.78, 5) is 4.72. The second-order valence-corrected chi connectivity index (χ2v) is 6.71. The van der Waals surface area contributed by atoms with Crippen LogP contribution in [0, 0.1) is 5.82 Å². The van der Waals surface area contributed by atoms with Crippen molar-refractivity contribution in [1.82, 2.24) is 4.90 Å². The maximum absolute atomic E-state index is 14.2. The zero-order valence-corrected chi connectivity index (χ0v) is 14.3. The van der Waals surface area contributed by atoms with E-state index < -0.39 is 0 Å². The van der Waals surface area contributed by atoms with Crippen molar-refractivity contribution in [3.05, 3.63) is 65.5 Å². The quantitative estimate of drug-likeness (QED) is 0.916. The van der Waals surface area contributed by atoms with Gasteiger partial charge in [-0.2, -0.15) is 0 Å². The highest BCUT2D eigenvalue weighted by atomic mass is 19.1. The molecule has 1 aliphatic rings. The summed E-state index contributed by atoms with van der Waals surface area (Å²) in [6.07, 6.45) is 0.580. The van der Waals surface area contributed by atoms with Crippen LogP contribution in [0.3, 0.4) is 0 Å². The van der Waals surface area contributed by atoms with Gasteiger partial charge in [0.2, 0.25) is 0 Å². The molecule has 3 rings (SSSR count). The molecule has 24 heavy (non-hydrogen) atoms. The summed E-state index contributed by atoms with van der Waals surface area (Å²) in [5.74, 6) is -0.142. The normalized spacial score (nSPS) is 17.0. The second kappa shape index (κ2) is 7.77. The first-order valence-corrected chi connectivity index (χ1v) is 8.67. The van der Waals surface area contributed by atoms with Crippen LogP contribution in [-0.4, -0.2) is 37.1 Å². The van der Waals surface area contributed by atoms with Gasteiger partial charge in [0, 0.05) is 44.5 Å². The van der Waals surface area contributed by atoms with Crippen molar-refractivity contribution in [2.75, 3.05) is 31.1 Å². The number of hydrogen-bond acceptors (Lipinski definition) is 3. The van der Waals surface area contributed by atoms with Crippen LogP contribution in [0.4, 0.5) is 10.1 Å². The minimum Gasteiger partial charge on any atom is -0.369 e. The molecule has 1 fully saturated rings. The van der Waals surface area contributed by atoms with Gasteiger partial charge in [0.1, 0.15) is 5.82 Å². The van der Waals surface area contributed by atoms with Gasteiger partial charge in [-0.25, -0.2) is 4.39 Å². The molecule has 1 saturated heterocycles. The van der Waals surface area contributed by atoms with E-state index in [1.165, 1.54) is 5.56 Å². The summed E-state index contributed by atoms with van der Waals surface area (Å²) in [5, 5.41) is 0. The largest absolute Gasteiger partial charge is 0.369 e. The summed E-state index contributed by atoms with van der Waals surface area (Å²) < 4.78 is 14.2. The van der Waals surface area contributed by atoms with Gasteiger partial charge in [0.15, 0.2) is 0 Å². The number of benzene rings is 2. The van der Waals surface area contributed by atoms with Gasteiger partial charge in [-0.3, -0.25) is 4.90 Å². The average Bonchev–Trinajstić information content (AvgIpc) is 2.58. The summed E-state index contributed by atoms with van der Waals surface area (Å²) in [6.45, 7) is 6.74. The lowest BCUT2D eigenvalue weighted by atomic mass is 10.1. The van der Waals surface area contributed by atoms with Crippen LogP contribution in [0.25, 0.3) is 0 Å². The van der Waals surface area contributed by atoms with Crippen LogP contribution in [0.5, 0.6) is 0 Å². The summed E-state index contributed by atoms with van der Waals surface area (Å²) in [7, 11) is 0. The van der Waals surface area contributed by atoms with Crippen molar-refractivity contribution >= 4 is 5.69 Å². The lowest BCUT2D eigenvalue weighted by Gasteiger charge is -2.36. The first kappa shape index (κ1) is 16.9. The number of piperazine rings is 1. The van der Waals surface area contributed by atoms with Crippen LogP contribution in [0.1, 0.15) is 18.1 Å². The third-order valence-electron chi connectivity index (χ3n) is 4.56. The van der Waals surface area contributed by atoms with E-state index in [1.54, 1.807) is 6.07 Å². The molecule has 1 heterocycles. The van der Waals surface area contributed by atoms with Crippen LogP contribution < -0.4 is 10.6 Å². The molecular weight excluding hydrogens is 301 g/mol. The van der Waals surface area contributed by atoms with Gasteiger partial charge in [0.25, 0.3) is 0 Å². The Morgan fingerprint density at radius 1 is 1.04 bits per heavy atom. The van der Waals surface area contributed by atoms with Gasteiger partial charge >= 0.3 is 0 Å². The number of nitrogens with zero attached hydrogens (tertiary/aromatic N) is 2. The van der Waals surface area contributed by atoms with Gasteiger partial charge in [-0.15, -0.1) is 0 Å². The molecule has 0 saturated carbocycles. The number of halogens is 1. The van der Waals surface area contributed by atoms with E-state index >= 15 is 0 Å². The molecule has 0 radical (unpaired) electrons. The minimum absolute atomic E-state index is 0.0214. The standard InChI is InChI=1S/C20H26FN3/c1-16(22)13-18-7-8-19(14-20(18)21)24-11-9-23(10-12-24)15-17-5-3-2-4-6-17/h2-8,14,16H,9-13,15,22H2,1H3. The Balaban J connectivity index is 1.57. The summed E-state index contributed by atoms with van der Waals surface area (Å²) in [6, 6.07) is 16.1. The zero-order chi connectivity index (χ0) is 16.9. The van der Waals surface area contributed by atoms with Crippen molar-refractivity contribution in [1.29, 1.82) is 0 Å². The third kappa shape index (κ3) is 4.34. The van der Waals surface area contributed by atoms with Crippen LogP contribution >= 0.6 is 0 Å². The van der Waals surface area contributed by atoms with Crippen LogP contribution in [0.2, 0.25) is 0 Å². The van der Waals surface area contributed by atoms with E-state index in [9.17, 15) is 4.39 Å². The second-order valence-electron chi connectivity index (χ2n) is 6.71. The maximum atomic E-state index is 14.2. The summed E-state index contributed by atoms with van der Waals surface area (Å²) in [5.41, 5.74) is 8.79. The highest BCUT2D eigenvalue weighted by Gasteiger charge is 2.18.